The van der Waals surface area contributed by atoms with E-state index in [1.54, 1.807) is 14.2 Å². The summed E-state index contributed by atoms with van der Waals surface area (Å²) in [5.74, 6) is 1.73. The first-order valence-electron chi connectivity index (χ1n) is 8.25. The van der Waals surface area contributed by atoms with Crippen molar-refractivity contribution in [3.8, 4) is 22.6 Å². The number of rotatable bonds is 2. The van der Waals surface area contributed by atoms with Gasteiger partial charge in [0.2, 0.25) is 0 Å². The van der Waals surface area contributed by atoms with E-state index in [9.17, 15) is 0 Å². The number of nitrogens with zero attached hydrogens (tertiary/aromatic N) is 1. The first kappa shape index (κ1) is 17.1. The molecule has 0 saturated heterocycles. The van der Waals surface area contributed by atoms with Crippen molar-refractivity contribution in [2.24, 2.45) is 0 Å². The summed E-state index contributed by atoms with van der Waals surface area (Å²) in [7, 11) is 8.17. The van der Waals surface area contributed by atoms with Crippen LogP contribution in [0.2, 0.25) is 0 Å². The third-order valence-electron chi connectivity index (χ3n) is 5.63. The number of halogens is 1. The molecule has 3 nitrogen and oxygen atoms in total. The molecule has 2 aliphatic rings. The summed E-state index contributed by atoms with van der Waals surface area (Å²) < 4.78 is 12.5. The highest BCUT2D eigenvalue weighted by molar-refractivity contribution is 5.83. The number of methoxy groups -OCH3 is 2. The van der Waals surface area contributed by atoms with Crippen molar-refractivity contribution in [3.63, 3.8) is 0 Å². The van der Waals surface area contributed by atoms with E-state index in [2.05, 4.69) is 44.4 Å². The van der Waals surface area contributed by atoms with Gasteiger partial charge in [-0.25, -0.2) is 0 Å². The van der Waals surface area contributed by atoms with Gasteiger partial charge in [0.05, 0.1) is 34.9 Å². The van der Waals surface area contributed by atoms with Crippen LogP contribution in [0.1, 0.15) is 22.7 Å². The van der Waals surface area contributed by atoms with E-state index in [-0.39, 0.29) is 12.4 Å². The molecule has 1 heterocycles. The third-order valence-corrected chi connectivity index (χ3v) is 5.63. The van der Waals surface area contributed by atoms with Crippen LogP contribution in [0.4, 0.5) is 0 Å². The maximum atomic E-state index is 5.80. The quantitative estimate of drug-likeness (QED) is 0.742. The van der Waals surface area contributed by atoms with Gasteiger partial charge in [0.1, 0.15) is 6.04 Å². The van der Waals surface area contributed by atoms with E-state index in [1.165, 1.54) is 27.8 Å². The molecule has 2 aromatic carbocycles. The van der Waals surface area contributed by atoms with Crippen molar-refractivity contribution < 1.29 is 26.4 Å². The lowest BCUT2D eigenvalue weighted by molar-refractivity contribution is -0.923. The molecule has 0 spiro atoms. The van der Waals surface area contributed by atoms with Crippen molar-refractivity contribution in [1.82, 2.24) is 0 Å². The lowest BCUT2D eigenvalue weighted by Crippen LogP contribution is -3.00. The van der Waals surface area contributed by atoms with Crippen LogP contribution in [-0.4, -0.2) is 39.3 Å². The number of benzene rings is 2. The van der Waals surface area contributed by atoms with Crippen LogP contribution in [0.15, 0.2) is 30.3 Å². The van der Waals surface area contributed by atoms with E-state index in [0.29, 0.717) is 6.04 Å². The molecule has 0 N–H and O–H groups in total. The normalized spacial score (nSPS) is 19.6. The molecule has 4 heteroatoms. The van der Waals surface area contributed by atoms with Crippen LogP contribution < -0.4 is 21.9 Å². The van der Waals surface area contributed by atoms with Gasteiger partial charge >= 0.3 is 0 Å². The molecule has 0 bridgehead atoms. The van der Waals surface area contributed by atoms with Gasteiger partial charge in [-0.3, -0.25) is 0 Å². The monoisotopic (exact) mass is 345 g/mol. The molecular weight excluding hydrogens is 322 g/mol. The highest BCUT2D eigenvalue weighted by Gasteiger charge is 2.42. The Bertz CT molecular complexity index is 785. The molecule has 4 rings (SSSR count). The molecule has 0 saturated carbocycles. The summed E-state index contributed by atoms with van der Waals surface area (Å²) in [5, 5.41) is 0. The fraction of sp³-hybridized carbons (Fsp3) is 0.400. The Morgan fingerprint density at radius 2 is 1.79 bits per heavy atom. The Morgan fingerprint density at radius 1 is 1.04 bits per heavy atom. The Kier molecular flexibility index (Phi) is 4.27. The van der Waals surface area contributed by atoms with Crippen LogP contribution in [0.3, 0.4) is 0 Å². The van der Waals surface area contributed by atoms with Gasteiger partial charge in [-0.05, 0) is 22.8 Å². The minimum absolute atomic E-state index is 0. The molecule has 0 fully saturated rings. The molecule has 1 atom stereocenters. The number of hydrogen-bond donors (Lipinski definition) is 0. The van der Waals surface area contributed by atoms with Crippen LogP contribution in [0, 0.1) is 0 Å². The SMILES string of the molecule is COc1cc2c3c(c1OC)-c1ccccc1CC3[N+](C)(C)CC2.[Cl-]. The maximum Gasteiger partial charge on any atom is 0.169 e. The maximum absolute atomic E-state index is 5.80. The highest BCUT2D eigenvalue weighted by Crippen LogP contribution is 2.53. The lowest BCUT2D eigenvalue weighted by Gasteiger charge is -2.46. The first-order valence-corrected chi connectivity index (χ1v) is 8.25. The zero-order valence-electron chi connectivity index (χ0n) is 14.7. The second-order valence-electron chi connectivity index (χ2n) is 7.19. The number of quaternary nitrogens is 1. The second-order valence-corrected chi connectivity index (χ2v) is 7.19. The fourth-order valence-electron chi connectivity index (χ4n) is 4.33. The molecule has 0 radical (unpaired) electrons. The zero-order chi connectivity index (χ0) is 16.2. The summed E-state index contributed by atoms with van der Waals surface area (Å²) >= 11 is 0. The Hall–Kier alpha value is -1.71. The van der Waals surface area contributed by atoms with E-state index < -0.39 is 0 Å². The Balaban J connectivity index is 0.00000169. The minimum Gasteiger partial charge on any atom is -1.00 e. The van der Waals surface area contributed by atoms with Crippen LogP contribution in [-0.2, 0) is 12.8 Å². The molecule has 128 valence electrons. The summed E-state index contributed by atoms with van der Waals surface area (Å²) in [6, 6.07) is 11.4. The summed E-state index contributed by atoms with van der Waals surface area (Å²) in [6.07, 6.45) is 2.19. The van der Waals surface area contributed by atoms with Crippen molar-refractivity contribution in [2.45, 2.75) is 18.9 Å². The molecule has 0 aromatic heterocycles. The van der Waals surface area contributed by atoms with Crippen molar-refractivity contribution >= 4 is 0 Å². The topological polar surface area (TPSA) is 18.5 Å². The summed E-state index contributed by atoms with van der Waals surface area (Å²) in [6.45, 7) is 1.16. The average molecular weight is 346 g/mol. The predicted molar refractivity (Wildman–Crippen MR) is 92.1 cm³/mol. The molecule has 24 heavy (non-hydrogen) atoms. The van der Waals surface area contributed by atoms with Crippen molar-refractivity contribution in [3.05, 3.63) is 47.0 Å². The molecule has 1 aliphatic heterocycles. The molecule has 1 aliphatic carbocycles. The number of hydrogen-bond acceptors (Lipinski definition) is 2. The van der Waals surface area contributed by atoms with Gasteiger partial charge in [0, 0.05) is 24.0 Å². The standard InChI is InChI=1S/C20H24NO2.ClH/c1-21(2)10-9-14-12-17(22-3)20(23-4)19-15-8-6-5-7-13(15)11-16(21)18(14)19;/h5-8,12,16H,9-11H2,1-4H3;1H/q+1;/p-1. The lowest BCUT2D eigenvalue weighted by atomic mass is 9.75. The Labute approximate surface area is 150 Å². The minimum atomic E-state index is 0. The second kappa shape index (κ2) is 5.98. The largest absolute Gasteiger partial charge is 1.00 e. The molecular formula is C20H24ClNO2. The van der Waals surface area contributed by atoms with Crippen LogP contribution >= 0.6 is 0 Å². The third kappa shape index (κ3) is 2.30. The van der Waals surface area contributed by atoms with E-state index >= 15 is 0 Å². The van der Waals surface area contributed by atoms with Crippen molar-refractivity contribution in [2.75, 3.05) is 34.9 Å². The number of likely N-dealkylation sites (N-methyl/N-ethyl adjacent to an activating group) is 1. The first-order chi connectivity index (χ1) is 11.1. The Morgan fingerprint density at radius 3 is 2.50 bits per heavy atom. The fourth-order valence-corrected chi connectivity index (χ4v) is 4.33. The highest BCUT2D eigenvalue weighted by atomic mass is 35.5. The van der Waals surface area contributed by atoms with Gasteiger partial charge < -0.3 is 26.4 Å². The number of ether oxygens (including phenoxy) is 2. The molecule has 2 aromatic rings. The smallest absolute Gasteiger partial charge is 0.169 e. The molecule has 0 amide bonds. The van der Waals surface area contributed by atoms with E-state index in [0.717, 1.165) is 35.4 Å². The van der Waals surface area contributed by atoms with Gasteiger partial charge in [-0.2, -0.15) is 0 Å². The van der Waals surface area contributed by atoms with Gasteiger partial charge in [-0.1, -0.05) is 24.3 Å². The van der Waals surface area contributed by atoms with Crippen LogP contribution in [0.5, 0.6) is 11.5 Å². The van der Waals surface area contributed by atoms with Gasteiger partial charge in [-0.15, -0.1) is 0 Å². The van der Waals surface area contributed by atoms with Gasteiger partial charge in [0.25, 0.3) is 0 Å². The van der Waals surface area contributed by atoms with Crippen molar-refractivity contribution in [1.29, 1.82) is 0 Å². The van der Waals surface area contributed by atoms with E-state index in [4.69, 9.17) is 9.47 Å². The van der Waals surface area contributed by atoms with Gasteiger partial charge in [0.15, 0.2) is 11.5 Å². The number of fused-ring (bicyclic) bond motifs is 2. The average Bonchev–Trinajstić information content (AvgIpc) is 2.57. The van der Waals surface area contributed by atoms with E-state index in [1.807, 2.05) is 0 Å². The zero-order valence-corrected chi connectivity index (χ0v) is 15.5. The predicted octanol–water partition coefficient (Wildman–Crippen LogP) is 0.604. The molecule has 1 unspecified atom stereocenters. The van der Waals surface area contributed by atoms with Crippen LogP contribution in [0.25, 0.3) is 11.1 Å². The summed E-state index contributed by atoms with van der Waals surface area (Å²) in [5.41, 5.74) is 6.86. The summed E-state index contributed by atoms with van der Waals surface area (Å²) in [4.78, 5) is 0.